The van der Waals surface area contributed by atoms with Gasteiger partial charge < -0.3 is 9.30 Å². The summed E-state index contributed by atoms with van der Waals surface area (Å²) in [7, 11) is 0. The van der Waals surface area contributed by atoms with E-state index in [1.165, 1.54) is 5.56 Å². The van der Waals surface area contributed by atoms with Crippen LogP contribution in [0.5, 0.6) is 0 Å². The van der Waals surface area contributed by atoms with Crippen molar-refractivity contribution in [3.8, 4) is 5.69 Å². The monoisotopic (exact) mass is 374 g/mol. The Morgan fingerprint density at radius 2 is 1.86 bits per heavy atom. The third-order valence-corrected chi connectivity index (χ3v) is 4.79. The van der Waals surface area contributed by atoms with Crippen molar-refractivity contribution in [2.45, 2.75) is 34.6 Å². The first-order chi connectivity index (χ1) is 13.4. The molecule has 0 radical (unpaired) electrons. The number of aromatic nitrogens is 1. The first-order valence-corrected chi connectivity index (χ1v) is 9.48. The third kappa shape index (κ3) is 4.06. The van der Waals surface area contributed by atoms with E-state index in [4.69, 9.17) is 9.73 Å². The summed E-state index contributed by atoms with van der Waals surface area (Å²) in [4.78, 5) is 16.8. The second kappa shape index (κ2) is 8.26. The molecule has 2 aromatic carbocycles. The van der Waals surface area contributed by atoms with Crippen molar-refractivity contribution in [2.75, 3.05) is 6.61 Å². The lowest BCUT2D eigenvalue weighted by atomic mass is 10.1. The van der Waals surface area contributed by atoms with Gasteiger partial charge in [0.25, 0.3) is 0 Å². The van der Waals surface area contributed by atoms with Crippen LogP contribution in [-0.2, 0) is 4.74 Å². The van der Waals surface area contributed by atoms with Gasteiger partial charge in [-0.25, -0.2) is 4.79 Å². The van der Waals surface area contributed by atoms with Crippen LogP contribution in [0.1, 0.15) is 45.4 Å². The highest BCUT2D eigenvalue weighted by molar-refractivity contribution is 5.90. The summed E-state index contributed by atoms with van der Waals surface area (Å²) in [5.41, 5.74) is 8.03. The first kappa shape index (κ1) is 19.6. The van der Waals surface area contributed by atoms with Gasteiger partial charge in [-0.2, -0.15) is 0 Å². The SMILES string of the molecule is CCOC(=O)c1cccc(-n2c(C)cc(C=Nc3cc(C)ccc3C)c2C)c1. The molecule has 3 rings (SSSR count). The Bertz CT molecular complexity index is 1040. The molecule has 0 bridgehead atoms. The first-order valence-electron chi connectivity index (χ1n) is 9.48. The van der Waals surface area contributed by atoms with Crippen molar-refractivity contribution in [3.05, 3.63) is 82.2 Å². The molecule has 1 heterocycles. The minimum absolute atomic E-state index is 0.302. The molecule has 0 spiro atoms. The Balaban J connectivity index is 1.97. The average Bonchev–Trinajstić information content (AvgIpc) is 2.96. The van der Waals surface area contributed by atoms with Crippen LogP contribution < -0.4 is 0 Å². The van der Waals surface area contributed by atoms with E-state index in [1.54, 1.807) is 6.07 Å². The fraction of sp³-hybridized carbons (Fsp3) is 0.250. The zero-order valence-corrected chi connectivity index (χ0v) is 17.1. The summed E-state index contributed by atoms with van der Waals surface area (Å²) in [6.45, 7) is 10.4. The molecule has 0 aliphatic carbocycles. The van der Waals surface area contributed by atoms with E-state index in [-0.39, 0.29) is 5.97 Å². The highest BCUT2D eigenvalue weighted by Gasteiger charge is 2.12. The lowest BCUT2D eigenvalue weighted by Gasteiger charge is -2.11. The maximum atomic E-state index is 12.1. The van der Waals surface area contributed by atoms with Crippen LogP contribution in [0.2, 0.25) is 0 Å². The quantitative estimate of drug-likeness (QED) is 0.428. The molecule has 0 aliphatic heterocycles. The van der Waals surface area contributed by atoms with Crippen LogP contribution in [0.25, 0.3) is 5.69 Å². The summed E-state index contributed by atoms with van der Waals surface area (Å²) in [6.07, 6.45) is 1.91. The second-order valence-corrected chi connectivity index (χ2v) is 6.98. The van der Waals surface area contributed by atoms with Gasteiger partial charge in [-0.1, -0.05) is 18.2 Å². The molecule has 4 heteroatoms. The topological polar surface area (TPSA) is 43.6 Å². The molecule has 0 atom stereocenters. The van der Waals surface area contributed by atoms with Gasteiger partial charge in [-0.3, -0.25) is 4.99 Å². The second-order valence-electron chi connectivity index (χ2n) is 6.98. The zero-order valence-electron chi connectivity index (χ0n) is 17.1. The van der Waals surface area contributed by atoms with Gasteiger partial charge in [-0.15, -0.1) is 0 Å². The van der Waals surface area contributed by atoms with Crippen molar-refractivity contribution in [1.82, 2.24) is 4.57 Å². The van der Waals surface area contributed by atoms with Crippen molar-refractivity contribution in [2.24, 2.45) is 4.99 Å². The van der Waals surface area contributed by atoms with E-state index >= 15 is 0 Å². The molecule has 0 saturated heterocycles. The molecule has 1 aromatic heterocycles. The summed E-state index contributed by atoms with van der Waals surface area (Å²) in [6, 6.07) is 15.9. The molecule has 0 aliphatic rings. The number of hydrogen-bond acceptors (Lipinski definition) is 3. The number of ether oxygens (including phenoxy) is 1. The maximum Gasteiger partial charge on any atom is 0.338 e. The molecule has 144 valence electrons. The molecular formula is C24H26N2O2. The Hall–Kier alpha value is -3.14. The van der Waals surface area contributed by atoms with Crippen LogP contribution >= 0.6 is 0 Å². The molecule has 0 fully saturated rings. The number of aryl methyl sites for hydroxylation is 3. The molecule has 4 nitrogen and oxygen atoms in total. The van der Waals surface area contributed by atoms with Crippen molar-refractivity contribution in [1.29, 1.82) is 0 Å². The van der Waals surface area contributed by atoms with Crippen molar-refractivity contribution >= 4 is 17.9 Å². The van der Waals surface area contributed by atoms with Crippen molar-refractivity contribution in [3.63, 3.8) is 0 Å². The fourth-order valence-corrected chi connectivity index (χ4v) is 3.30. The number of carbonyl (C=O) groups excluding carboxylic acids is 1. The number of esters is 1. The zero-order chi connectivity index (χ0) is 20.3. The lowest BCUT2D eigenvalue weighted by Crippen LogP contribution is -2.06. The van der Waals surface area contributed by atoms with Gasteiger partial charge in [-0.05, 0) is 76.1 Å². The lowest BCUT2D eigenvalue weighted by molar-refractivity contribution is 0.0526. The van der Waals surface area contributed by atoms with Gasteiger partial charge in [0.05, 0.1) is 17.9 Å². The predicted octanol–water partition coefficient (Wildman–Crippen LogP) is 5.64. The van der Waals surface area contributed by atoms with E-state index < -0.39 is 0 Å². The van der Waals surface area contributed by atoms with Gasteiger partial charge in [0.2, 0.25) is 0 Å². The summed E-state index contributed by atoms with van der Waals surface area (Å²) in [5.74, 6) is -0.302. The number of nitrogens with zero attached hydrogens (tertiary/aromatic N) is 2. The van der Waals surface area contributed by atoms with Crippen LogP contribution in [0.15, 0.2) is 53.5 Å². The van der Waals surface area contributed by atoms with Crippen LogP contribution in [0.4, 0.5) is 5.69 Å². The predicted molar refractivity (Wildman–Crippen MR) is 114 cm³/mol. The average molecular weight is 374 g/mol. The van der Waals surface area contributed by atoms with Gasteiger partial charge in [0.1, 0.15) is 0 Å². The Morgan fingerprint density at radius 3 is 2.61 bits per heavy atom. The van der Waals surface area contributed by atoms with E-state index in [1.807, 2.05) is 31.3 Å². The van der Waals surface area contributed by atoms with Crippen LogP contribution in [0, 0.1) is 27.7 Å². The molecule has 0 amide bonds. The van der Waals surface area contributed by atoms with Gasteiger partial charge in [0, 0.05) is 28.9 Å². The number of hydrogen-bond donors (Lipinski definition) is 0. The Labute approximate surface area is 166 Å². The highest BCUT2D eigenvalue weighted by atomic mass is 16.5. The van der Waals surface area contributed by atoms with E-state index in [9.17, 15) is 4.79 Å². The maximum absolute atomic E-state index is 12.1. The minimum atomic E-state index is -0.302. The molecule has 0 saturated carbocycles. The Morgan fingerprint density at radius 1 is 1.07 bits per heavy atom. The number of aliphatic imine (C=N–C) groups is 1. The standard InChI is InChI=1S/C24H26N2O2/c1-6-28-24(27)20-8-7-9-22(14-20)26-18(4)13-21(19(26)5)15-25-23-12-16(2)10-11-17(23)3/h7-15H,6H2,1-5H3. The molecule has 3 aromatic rings. The molecule has 0 unspecified atom stereocenters. The number of benzene rings is 2. The number of rotatable bonds is 5. The molecule has 0 N–H and O–H groups in total. The van der Waals surface area contributed by atoms with Crippen LogP contribution in [0.3, 0.4) is 0 Å². The third-order valence-electron chi connectivity index (χ3n) is 4.79. The van der Waals surface area contributed by atoms with E-state index in [0.717, 1.165) is 33.9 Å². The molecular weight excluding hydrogens is 348 g/mol. The normalized spacial score (nSPS) is 11.2. The van der Waals surface area contributed by atoms with Crippen molar-refractivity contribution < 1.29 is 9.53 Å². The Kier molecular flexibility index (Phi) is 5.78. The largest absolute Gasteiger partial charge is 0.462 e. The number of carbonyl (C=O) groups is 1. The minimum Gasteiger partial charge on any atom is -0.462 e. The smallest absolute Gasteiger partial charge is 0.338 e. The van der Waals surface area contributed by atoms with Gasteiger partial charge >= 0.3 is 5.97 Å². The summed E-state index contributed by atoms with van der Waals surface area (Å²) >= 11 is 0. The molecule has 28 heavy (non-hydrogen) atoms. The highest BCUT2D eigenvalue weighted by Crippen LogP contribution is 2.23. The summed E-state index contributed by atoms with van der Waals surface area (Å²) in [5, 5.41) is 0. The van der Waals surface area contributed by atoms with E-state index in [0.29, 0.717) is 12.2 Å². The summed E-state index contributed by atoms with van der Waals surface area (Å²) < 4.78 is 7.26. The van der Waals surface area contributed by atoms with Gasteiger partial charge in [0.15, 0.2) is 0 Å². The van der Waals surface area contributed by atoms with Crippen LogP contribution in [-0.4, -0.2) is 23.4 Å². The fourth-order valence-electron chi connectivity index (χ4n) is 3.30. The van der Waals surface area contributed by atoms with E-state index in [2.05, 4.69) is 56.5 Å².